The molecular formula is C16H28N6O6. The van der Waals surface area contributed by atoms with Crippen molar-refractivity contribution >= 4 is 35.9 Å². The first-order valence-corrected chi connectivity index (χ1v) is 8.54. The van der Waals surface area contributed by atoms with Crippen LogP contribution in [0.15, 0.2) is 0 Å². The lowest BCUT2D eigenvalue weighted by molar-refractivity contribution is -0.137. The third kappa shape index (κ3) is 10.7. The first kappa shape index (κ1) is 24.8. The van der Waals surface area contributed by atoms with Gasteiger partial charge in [0.05, 0.1) is 32.7 Å². The lowest BCUT2D eigenvalue weighted by Gasteiger charge is -2.19. The van der Waals surface area contributed by atoms with Crippen molar-refractivity contribution in [3.63, 3.8) is 0 Å². The molecule has 0 heterocycles. The number of hydrogen-bond donors (Lipinski definition) is 3. The zero-order chi connectivity index (χ0) is 21.7. The summed E-state index contributed by atoms with van der Waals surface area (Å²) in [6.45, 7) is 0.942. The summed E-state index contributed by atoms with van der Waals surface area (Å²) in [5, 5.41) is 7.25. The average molecular weight is 400 g/mol. The summed E-state index contributed by atoms with van der Waals surface area (Å²) >= 11 is 0. The molecule has 0 unspecified atom stereocenters. The van der Waals surface area contributed by atoms with E-state index in [4.69, 9.17) is 0 Å². The van der Waals surface area contributed by atoms with Crippen LogP contribution in [0.25, 0.3) is 0 Å². The average Bonchev–Trinajstić information content (AvgIpc) is 2.63. The van der Waals surface area contributed by atoms with Crippen LogP contribution >= 0.6 is 0 Å². The van der Waals surface area contributed by atoms with Gasteiger partial charge in [-0.1, -0.05) is 0 Å². The van der Waals surface area contributed by atoms with Crippen LogP contribution in [0.3, 0.4) is 0 Å². The number of carbonyl (C=O) groups excluding carboxylic acids is 6. The molecule has 0 radical (unpaired) electrons. The maximum atomic E-state index is 11.9. The highest BCUT2D eigenvalue weighted by Gasteiger charge is 2.17. The van der Waals surface area contributed by atoms with Crippen molar-refractivity contribution in [2.24, 2.45) is 0 Å². The quantitative estimate of drug-likeness (QED) is 0.288. The number of rotatable bonds is 12. The van der Waals surface area contributed by atoms with Gasteiger partial charge in [-0.3, -0.25) is 28.8 Å². The van der Waals surface area contributed by atoms with Crippen molar-refractivity contribution in [3.05, 3.63) is 0 Å². The van der Waals surface area contributed by atoms with Gasteiger partial charge < -0.3 is 30.7 Å². The molecule has 12 nitrogen and oxygen atoms in total. The Hall–Kier alpha value is -3.18. The maximum absolute atomic E-state index is 11.9. The number of nitrogens with one attached hydrogen (secondary N) is 3. The van der Waals surface area contributed by atoms with Gasteiger partial charge >= 0.3 is 0 Å². The van der Waals surface area contributed by atoms with Gasteiger partial charge in [0.15, 0.2) is 0 Å². The van der Waals surface area contributed by atoms with Crippen LogP contribution in [-0.4, -0.2) is 111 Å². The van der Waals surface area contributed by atoms with Gasteiger partial charge in [-0.15, -0.1) is 0 Å². The van der Waals surface area contributed by atoms with Gasteiger partial charge in [0.1, 0.15) is 0 Å². The summed E-state index contributed by atoms with van der Waals surface area (Å²) in [4.78, 5) is 72.3. The third-order valence-electron chi connectivity index (χ3n) is 3.43. The molecule has 0 spiro atoms. The zero-order valence-corrected chi connectivity index (χ0v) is 16.6. The van der Waals surface area contributed by atoms with E-state index in [2.05, 4.69) is 16.0 Å². The first-order valence-electron chi connectivity index (χ1n) is 8.54. The molecule has 6 amide bonds. The van der Waals surface area contributed by atoms with Crippen molar-refractivity contribution in [2.75, 3.05) is 60.4 Å². The van der Waals surface area contributed by atoms with E-state index in [1.54, 1.807) is 6.92 Å². The van der Waals surface area contributed by atoms with Crippen LogP contribution in [0, 0.1) is 0 Å². The zero-order valence-electron chi connectivity index (χ0n) is 16.6. The molecule has 0 aliphatic rings. The summed E-state index contributed by atoms with van der Waals surface area (Å²) in [7, 11) is 4.22. The molecule has 0 fully saturated rings. The van der Waals surface area contributed by atoms with Crippen molar-refractivity contribution in [3.8, 4) is 0 Å². The number of amides is 6. The van der Waals surface area contributed by atoms with Crippen LogP contribution in [0.2, 0.25) is 0 Å². The Bertz CT molecular complexity index is 596. The molecule has 0 saturated carbocycles. The van der Waals surface area contributed by atoms with E-state index in [9.17, 15) is 28.8 Å². The number of carbonyl (C=O) groups is 6. The Balaban J connectivity index is 4.21. The minimum atomic E-state index is -0.567. The Kier molecular flexibility index (Phi) is 11.6. The van der Waals surface area contributed by atoms with E-state index >= 15 is 0 Å². The molecule has 0 atom stereocenters. The Morgan fingerprint density at radius 2 is 1.11 bits per heavy atom. The molecule has 0 bridgehead atoms. The molecule has 0 aliphatic carbocycles. The molecule has 12 heteroatoms. The second kappa shape index (κ2) is 13.1. The van der Waals surface area contributed by atoms with Crippen molar-refractivity contribution in [1.82, 2.24) is 30.7 Å². The molecule has 3 N–H and O–H groups in total. The highest BCUT2D eigenvalue weighted by Crippen LogP contribution is 1.87. The molecule has 28 heavy (non-hydrogen) atoms. The van der Waals surface area contributed by atoms with Crippen LogP contribution in [-0.2, 0) is 28.8 Å². The van der Waals surface area contributed by atoms with Crippen LogP contribution < -0.4 is 16.0 Å². The van der Waals surface area contributed by atoms with Gasteiger partial charge in [-0.2, -0.15) is 0 Å². The first-order chi connectivity index (χ1) is 13.1. The van der Waals surface area contributed by atoms with E-state index in [1.165, 1.54) is 26.0 Å². The molecule has 0 aromatic carbocycles. The minimum Gasteiger partial charge on any atom is -0.355 e. The molecule has 0 saturated heterocycles. The summed E-state index contributed by atoms with van der Waals surface area (Å²) in [5.41, 5.74) is 0. The normalized spacial score (nSPS) is 9.71. The van der Waals surface area contributed by atoms with Crippen LogP contribution in [0.1, 0.15) is 6.92 Å². The van der Waals surface area contributed by atoms with Crippen molar-refractivity contribution < 1.29 is 28.8 Å². The summed E-state index contributed by atoms with van der Waals surface area (Å²) < 4.78 is 0. The molecule has 158 valence electrons. The van der Waals surface area contributed by atoms with Crippen molar-refractivity contribution in [2.45, 2.75) is 6.92 Å². The lowest BCUT2D eigenvalue weighted by Crippen LogP contribution is -2.47. The number of nitrogens with zero attached hydrogens (tertiary/aromatic N) is 3. The fourth-order valence-electron chi connectivity index (χ4n) is 1.85. The predicted octanol–water partition coefficient (Wildman–Crippen LogP) is -3.64. The fourth-order valence-corrected chi connectivity index (χ4v) is 1.85. The number of likely N-dealkylation sites (N-methyl/N-ethyl adjacent to an activating group) is 4. The molecule has 0 rings (SSSR count). The smallest absolute Gasteiger partial charge is 0.242 e. The Labute approximate surface area is 163 Å². The van der Waals surface area contributed by atoms with Gasteiger partial charge in [0.25, 0.3) is 0 Å². The van der Waals surface area contributed by atoms with Gasteiger partial charge in [0, 0.05) is 27.7 Å². The fraction of sp³-hybridized carbons (Fsp3) is 0.625. The molecule has 0 aromatic heterocycles. The lowest BCUT2D eigenvalue weighted by atomic mass is 10.4. The molecular weight excluding hydrogens is 372 g/mol. The standard InChI is InChI=1S/C16H28N6O6/c1-5-17-13(25)9-21(3)16(28)7-19-14(26)10-22(4)15(27)6-18-12(24)8-20(2)11-23/h11H,5-10H2,1-4H3,(H,17,25)(H,18,24)(H,19,26). The summed E-state index contributed by atoms with van der Waals surface area (Å²) in [6.07, 6.45) is 0.479. The van der Waals surface area contributed by atoms with Gasteiger partial charge in [-0.25, -0.2) is 0 Å². The highest BCUT2D eigenvalue weighted by molar-refractivity contribution is 5.91. The minimum absolute atomic E-state index is 0.125. The van der Waals surface area contributed by atoms with Crippen LogP contribution in [0.4, 0.5) is 0 Å². The topological polar surface area (TPSA) is 148 Å². The van der Waals surface area contributed by atoms with Crippen molar-refractivity contribution in [1.29, 1.82) is 0 Å². The largest absolute Gasteiger partial charge is 0.355 e. The Morgan fingerprint density at radius 1 is 0.714 bits per heavy atom. The maximum Gasteiger partial charge on any atom is 0.242 e. The Morgan fingerprint density at radius 3 is 1.50 bits per heavy atom. The third-order valence-corrected chi connectivity index (χ3v) is 3.43. The second-order valence-electron chi connectivity index (χ2n) is 6.03. The van der Waals surface area contributed by atoms with E-state index in [1.807, 2.05) is 0 Å². The summed E-state index contributed by atoms with van der Waals surface area (Å²) in [5.74, 6) is -2.36. The predicted molar refractivity (Wildman–Crippen MR) is 98.7 cm³/mol. The monoisotopic (exact) mass is 400 g/mol. The molecule has 0 aliphatic heterocycles. The van der Waals surface area contributed by atoms with Gasteiger partial charge in [-0.05, 0) is 6.92 Å². The van der Waals surface area contributed by atoms with E-state index in [0.29, 0.717) is 13.0 Å². The van der Waals surface area contributed by atoms with E-state index < -0.39 is 23.6 Å². The molecule has 0 aromatic rings. The number of hydrogen-bond acceptors (Lipinski definition) is 6. The van der Waals surface area contributed by atoms with Gasteiger partial charge in [0.2, 0.25) is 35.9 Å². The second-order valence-corrected chi connectivity index (χ2v) is 6.03. The summed E-state index contributed by atoms with van der Waals surface area (Å²) in [6, 6.07) is 0. The van der Waals surface area contributed by atoms with E-state index in [-0.39, 0.29) is 38.6 Å². The van der Waals surface area contributed by atoms with Crippen LogP contribution in [0.5, 0.6) is 0 Å². The van der Waals surface area contributed by atoms with E-state index in [0.717, 1.165) is 9.80 Å². The SMILES string of the molecule is CCNC(=O)CN(C)C(=O)CNC(=O)CN(C)C(=O)CNC(=O)CN(C)C=O. The highest BCUT2D eigenvalue weighted by atomic mass is 16.2.